The molecule has 26 heavy (non-hydrogen) atoms. The molecule has 0 saturated carbocycles. The van der Waals surface area contributed by atoms with Crippen molar-refractivity contribution >= 4 is 22.6 Å². The van der Waals surface area contributed by atoms with Crippen LogP contribution in [0.3, 0.4) is 0 Å². The van der Waals surface area contributed by atoms with Crippen LogP contribution in [-0.4, -0.2) is 20.9 Å². The molecule has 4 rings (SSSR count). The van der Waals surface area contributed by atoms with Crippen molar-refractivity contribution in [3.63, 3.8) is 0 Å². The highest BCUT2D eigenvalue weighted by molar-refractivity contribution is 5.92. The molecule has 0 aliphatic carbocycles. The molecule has 6 heteroatoms. The molecule has 0 atom stereocenters. The fourth-order valence-electron chi connectivity index (χ4n) is 2.63. The lowest BCUT2D eigenvalue weighted by Gasteiger charge is -2.12. The number of nitrogens with zero attached hydrogens (tertiary/aromatic N) is 3. The van der Waals surface area contributed by atoms with Crippen LogP contribution in [0.4, 0.5) is 5.69 Å². The molecule has 0 fully saturated rings. The van der Waals surface area contributed by atoms with Gasteiger partial charge in [-0.05, 0) is 36.4 Å². The minimum atomic E-state index is -0.204. The van der Waals surface area contributed by atoms with Crippen LogP contribution < -0.4 is 10.1 Å². The summed E-state index contributed by atoms with van der Waals surface area (Å²) in [5.41, 5.74) is 2.18. The van der Waals surface area contributed by atoms with Crippen molar-refractivity contribution < 1.29 is 9.53 Å². The number of anilines is 1. The minimum Gasteiger partial charge on any atom is -0.455 e. The van der Waals surface area contributed by atoms with Crippen molar-refractivity contribution in [3.8, 4) is 11.5 Å². The van der Waals surface area contributed by atoms with E-state index in [0.29, 0.717) is 17.2 Å². The quantitative estimate of drug-likeness (QED) is 0.597. The highest BCUT2D eigenvalue weighted by Gasteiger charge is 2.11. The summed E-state index contributed by atoms with van der Waals surface area (Å²) in [6, 6.07) is 24.3. The number of ether oxygens (including phenoxy) is 1. The Hall–Kier alpha value is -3.67. The van der Waals surface area contributed by atoms with Gasteiger partial charge in [0.15, 0.2) is 5.75 Å². The number of amides is 1. The maximum absolute atomic E-state index is 12.5. The number of benzene rings is 3. The zero-order chi connectivity index (χ0) is 17.8. The molecular formula is C20H16N4O2. The zero-order valence-electron chi connectivity index (χ0n) is 13.9. The number of hydrogen-bond acceptors (Lipinski definition) is 4. The Labute approximate surface area is 150 Å². The van der Waals surface area contributed by atoms with E-state index in [4.69, 9.17) is 4.74 Å². The summed E-state index contributed by atoms with van der Waals surface area (Å²) < 4.78 is 7.44. The van der Waals surface area contributed by atoms with E-state index in [2.05, 4.69) is 15.6 Å². The Kier molecular flexibility index (Phi) is 4.30. The van der Waals surface area contributed by atoms with Crippen molar-refractivity contribution in [2.45, 2.75) is 6.54 Å². The SMILES string of the molecule is O=C(Cn1nnc2ccccc21)Nc1ccccc1Oc1ccccc1. The number of aromatic nitrogens is 3. The second-order valence-electron chi connectivity index (χ2n) is 5.70. The van der Waals surface area contributed by atoms with Gasteiger partial charge in [-0.25, -0.2) is 4.68 Å². The lowest BCUT2D eigenvalue weighted by atomic mass is 10.2. The van der Waals surface area contributed by atoms with Crippen LogP contribution in [0.5, 0.6) is 11.5 Å². The second kappa shape index (κ2) is 7.06. The average Bonchev–Trinajstić information content (AvgIpc) is 3.07. The number of carbonyl (C=O) groups excluding carboxylic acids is 1. The maximum atomic E-state index is 12.5. The summed E-state index contributed by atoms with van der Waals surface area (Å²) in [5.74, 6) is 1.08. The largest absolute Gasteiger partial charge is 0.455 e. The number of hydrogen-bond donors (Lipinski definition) is 1. The Bertz CT molecular complexity index is 1040. The summed E-state index contributed by atoms with van der Waals surface area (Å²) >= 11 is 0. The normalized spacial score (nSPS) is 10.6. The molecular weight excluding hydrogens is 328 g/mol. The maximum Gasteiger partial charge on any atom is 0.246 e. The summed E-state index contributed by atoms with van der Waals surface area (Å²) in [4.78, 5) is 12.5. The van der Waals surface area contributed by atoms with Gasteiger partial charge in [-0.2, -0.15) is 0 Å². The molecule has 0 saturated heterocycles. The van der Waals surface area contributed by atoms with Gasteiger partial charge < -0.3 is 10.1 Å². The number of fused-ring (bicyclic) bond motifs is 1. The van der Waals surface area contributed by atoms with Gasteiger partial charge in [0.25, 0.3) is 0 Å². The average molecular weight is 344 g/mol. The monoisotopic (exact) mass is 344 g/mol. The van der Waals surface area contributed by atoms with E-state index in [9.17, 15) is 4.79 Å². The molecule has 1 aromatic heterocycles. The third-order valence-corrected chi connectivity index (χ3v) is 3.85. The zero-order valence-corrected chi connectivity index (χ0v) is 13.9. The molecule has 0 spiro atoms. The predicted molar refractivity (Wildman–Crippen MR) is 99.1 cm³/mol. The molecule has 1 amide bonds. The van der Waals surface area contributed by atoms with Crippen LogP contribution in [-0.2, 0) is 11.3 Å². The Morgan fingerprint density at radius 1 is 0.923 bits per heavy atom. The fraction of sp³-hybridized carbons (Fsp3) is 0.0500. The van der Waals surface area contributed by atoms with Crippen LogP contribution in [0.1, 0.15) is 0 Å². The Morgan fingerprint density at radius 3 is 2.54 bits per heavy atom. The van der Waals surface area contributed by atoms with Gasteiger partial charge in [-0.1, -0.05) is 47.7 Å². The lowest BCUT2D eigenvalue weighted by Crippen LogP contribution is -2.19. The lowest BCUT2D eigenvalue weighted by molar-refractivity contribution is -0.116. The standard InChI is InChI=1S/C20H16N4O2/c25-20(14-24-18-12-6-4-10-16(18)22-23-24)21-17-11-5-7-13-19(17)26-15-8-2-1-3-9-15/h1-13H,14H2,(H,21,25). The second-order valence-corrected chi connectivity index (χ2v) is 5.70. The van der Waals surface area contributed by atoms with Crippen molar-refractivity contribution in [1.29, 1.82) is 0 Å². The number of rotatable bonds is 5. The first-order valence-electron chi connectivity index (χ1n) is 8.19. The fourth-order valence-corrected chi connectivity index (χ4v) is 2.63. The summed E-state index contributed by atoms with van der Waals surface area (Å²) in [6.07, 6.45) is 0. The molecule has 1 N–H and O–H groups in total. The number of carbonyl (C=O) groups is 1. The van der Waals surface area contributed by atoms with E-state index in [1.807, 2.05) is 72.8 Å². The van der Waals surface area contributed by atoms with Crippen LogP contribution in [0, 0.1) is 0 Å². The first-order chi connectivity index (χ1) is 12.8. The molecule has 0 radical (unpaired) electrons. The molecule has 6 nitrogen and oxygen atoms in total. The van der Waals surface area contributed by atoms with Gasteiger partial charge in [0.2, 0.25) is 5.91 Å². The summed E-state index contributed by atoms with van der Waals surface area (Å²) in [5, 5.41) is 11.0. The van der Waals surface area contributed by atoms with Crippen molar-refractivity contribution in [3.05, 3.63) is 78.9 Å². The van der Waals surface area contributed by atoms with Gasteiger partial charge in [0.05, 0.1) is 11.2 Å². The van der Waals surface area contributed by atoms with Crippen LogP contribution in [0.15, 0.2) is 78.9 Å². The number of nitrogens with one attached hydrogen (secondary N) is 1. The van der Waals surface area contributed by atoms with Crippen molar-refractivity contribution in [2.75, 3.05) is 5.32 Å². The molecule has 0 aliphatic rings. The van der Waals surface area contributed by atoms with E-state index >= 15 is 0 Å². The minimum absolute atomic E-state index is 0.0696. The topological polar surface area (TPSA) is 69.0 Å². The summed E-state index contributed by atoms with van der Waals surface area (Å²) in [6.45, 7) is 0.0696. The molecule has 1 heterocycles. The first kappa shape index (κ1) is 15.8. The van der Waals surface area contributed by atoms with Gasteiger partial charge in [-0.15, -0.1) is 5.10 Å². The predicted octanol–water partition coefficient (Wildman–Crippen LogP) is 3.86. The first-order valence-corrected chi connectivity index (χ1v) is 8.19. The van der Waals surface area contributed by atoms with E-state index in [0.717, 1.165) is 11.0 Å². The van der Waals surface area contributed by atoms with Crippen LogP contribution >= 0.6 is 0 Å². The van der Waals surface area contributed by atoms with Gasteiger partial charge in [0, 0.05) is 0 Å². The van der Waals surface area contributed by atoms with Crippen LogP contribution in [0.25, 0.3) is 11.0 Å². The summed E-state index contributed by atoms with van der Waals surface area (Å²) in [7, 11) is 0. The van der Waals surface area contributed by atoms with Gasteiger partial charge >= 0.3 is 0 Å². The smallest absolute Gasteiger partial charge is 0.246 e. The van der Waals surface area contributed by atoms with E-state index in [1.165, 1.54) is 0 Å². The van der Waals surface area contributed by atoms with Crippen LogP contribution in [0.2, 0.25) is 0 Å². The van der Waals surface area contributed by atoms with E-state index < -0.39 is 0 Å². The van der Waals surface area contributed by atoms with E-state index in [1.54, 1.807) is 10.7 Å². The van der Waals surface area contributed by atoms with Crippen molar-refractivity contribution in [2.24, 2.45) is 0 Å². The number of para-hydroxylation sites is 4. The van der Waals surface area contributed by atoms with Gasteiger partial charge in [-0.3, -0.25) is 4.79 Å². The molecule has 128 valence electrons. The molecule has 3 aromatic carbocycles. The third-order valence-electron chi connectivity index (χ3n) is 3.85. The van der Waals surface area contributed by atoms with Gasteiger partial charge in [0.1, 0.15) is 17.8 Å². The third kappa shape index (κ3) is 3.39. The van der Waals surface area contributed by atoms with E-state index in [-0.39, 0.29) is 12.5 Å². The Balaban J connectivity index is 1.51. The highest BCUT2D eigenvalue weighted by atomic mass is 16.5. The molecule has 0 aliphatic heterocycles. The molecule has 0 bridgehead atoms. The molecule has 4 aromatic rings. The molecule has 0 unspecified atom stereocenters. The Morgan fingerprint density at radius 2 is 1.65 bits per heavy atom. The van der Waals surface area contributed by atoms with Crippen molar-refractivity contribution in [1.82, 2.24) is 15.0 Å². The highest BCUT2D eigenvalue weighted by Crippen LogP contribution is 2.29.